The fourth-order valence-corrected chi connectivity index (χ4v) is 1.47. The highest BCUT2D eigenvalue weighted by Gasteiger charge is 2.19. The molecule has 2 unspecified atom stereocenters. The van der Waals surface area contributed by atoms with Crippen LogP contribution in [-0.4, -0.2) is 17.5 Å². The molecule has 14 heavy (non-hydrogen) atoms. The molecule has 82 valence electrons. The van der Waals surface area contributed by atoms with Crippen LogP contribution < -0.4 is 0 Å². The van der Waals surface area contributed by atoms with Gasteiger partial charge in [0.15, 0.2) is 0 Å². The standard InChI is InChI=1S/C12H22O2/c1-4-7-8-10(5-2)12(14)11(6-3)9-13/h8-9,11-12,14H,4-7H2,1-3H3/b10-8+. The average Bonchev–Trinajstić information content (AvgIpc) is 2.21. The fraction of sp³-hybridized carbons (Fsp3) is 0.750. The minimum Gasteiger partial charge on any atom is -0.388 e. The maximum atomic E-state index is 10.7. The molecule has 0 bridgehead atoms. The van der Waals surface area contributed by atoms with Crippen LogP contribution in [0.1, 0.15) is 46.5 Å². The van der Waals surface area contributed by atoms with Crippen LogP contribution >= 0.6 is 0 Å². The second kappa shape index (κ2) is 7.74. The molecule has 0 saturated carbocycles. The molecule has 0 radical (unpaired) electrons. The molecule has 0 heterocycles. The van der Waals surface area contributed by atoms with Crippen molar-refractivity contribution in [3.63, 3.8) is 0 Å². The van der Waals surface area contributed by atoms with Crippen molar-refractivity contribution in [1.82, 2.24) is 0 Å². The molecule has 2 nitrogen and oxygen atoms in total. The van der Waals surface area contributed by atoms with Gasteiger partial charge in [0.25, 0.3) is 0 Å². The molecule has 0 saturated heterocycles. The fourth-order valence-electron chi connectivity index (χ4n) is 1.47. The summed E-state index contributed by atoms with van der Waals surface area (Å²) in [5, 5.41) is 9.90. The van der Waals surface area contributed by atoms with Crippen molar-refractivity contribution in [3.8, 4) is 0 Å². The largest absolute Gasteiger partial charge is 0.388 e. The van der Waals surface area contributed by atoms with Crippen molar-refractivity contribution in [2.45, 2.75) is 52.6 Å². The summed E-state index contributed by atoms with van der Waals surface area (Å²) in [4.78, 5) is 10.7. The van der Waals surface area contributed by atoms with Crippen LogP contribution in [0.25, 0.3) is 0 Å². The van der Waals surface area contributed by atoms with Crippen molar-refractivity contribution in [2.75, 3.05) is 0 Å². The predicted octanol–water partition coefficient (Wildman–Crippen LogP) is 2.71. The minimum absolute atomic E-state index is 0.238. The number of carbonyl (C=O) groups excluding carboxylic acids is 1. The van der Waals surface area contributed by atoms with Crippen molar-refractivity contribution < 1.29 is 9.90 Å². The smallest absolute Gasteiger partial charge is 0.125 e. The third kappa shape index (κ3) is 4.05. The number of aliphatic hydroxyl groups excluding tert-OH is 1. The number of unbranched alkanes of at least 4 members (excludes halogenated alkanes) is 1. The summed E-state index contributed by atoms with van der Waals surface area (Å²) in [5.74, 6) is -0.238. The van der Waals surface area contributed by atoms with Gasteiger partial charge in [-0.25, -0.2) is 0 Å². The van der Waals surface area contributed by atoms with Crippen molar-refractivity contribution in [1.29, 1.82) is 0 Å². The molecule has 0 aliphatic carbocycles. The van der Waals surface area contributed by atoms with E-state index in [1.807, 2.05) is 13.8 Å². The van der Waals surface area contributed by atoms with Gasteiger partial charge < -0.3 is 9.90 Å². The van der Waals surface area contributed by atoms with Gasteiger partial charge in [-0.3, -0.25) is 0 Å². The Morgan fingerprint density at radius 2 is 2.00 bits per heavy atom. The zero-order valence-corrected chi connectivity index (χ0v) is 9.49. The molecule has 2 heteroatoms. The Bertz CT molecular complexity index is 185. The van der Waals surface area contributed by atoms with E-state index in [-0.39, 0.29) is 5.92 Å². The quantitative estimate of drug-likeness (QED) is 0.504. The summed E-state index contributed by atoms with van der Waals surface area (Å²) in [7, 11) is 0. The van der Waals surface area contributed by atoms with Crippen molar-refractivity contribution >= 4 is 6.29 Å². The normalized spacial score (nSPS) is 16.4. The van der Waals surface area contributed by atoms with Crippen molar-refractivity contribution in [3.05, 3.63) is 11.6 Å². The van der Waals surface area contributed by atoms with Gasteiger partial charge in [-0.2, -0.15) is 0 Å². The number of aldehydes is 1. The Morgan fingerprint density at radius 3 is 2.36 bits per heavy atom. The first-order valence-electron chi connectivity index (χ1n) is 5.53. The van der Waals surface area contributed by atoms with E-state index in [2.05, 4.69) is 13.0 Å². The molecular weight excluding hydrogens is 176 g/mol. The molecule has 0 aliphatic heterocycles. The van der Waals surface area contributed by atoms with Gasteiger partial charge in [-0.15, -0.1) is 0 Å². The van der Waals surface area contributed by atoms with Gasteiger partial charge in [0.05, 0.1) is 6.10 Å². The molecule has 2 atom stereocenters. The lowest BCUT2D eigenvalue weighted by Crippen LogP contribution is -2.23. The first-order valence-corrected chi connectivity index (χ1v) is 5.53. The lowest BCUT2D eigenvalue weighted by molar-refractivity contribution is -0.113. The summed E-state index contributed by atoms with van der Waals surface area (Å²) in [5.41, 5.74) is 1.01. The number of allylic oxidation sites excluding steroid dienone is 1. The molecule has 0 aromatic heterocycles. The second-order valence-electron chi connectivity index (χ2n) is 3.57. The van der Waals surface area contributed by atoms with Crippen LogP contribution in [0.4, 0.5) is 0 Å². The molecule has 1 N–H and O–H groups in total. The summed E-state index contributed by atoms with van der Waals surface area (Å²) in [6.45, 7) is 6.05. The van der Waals surface area contributed by atoms with E-state index in [1.165, 1.54) is 0 Å². The second-order valence-corrected chi connectivity index (χ2v) is 3.57. The Labute approximate surface area is 87.0 Å². The highest BCUT2D eigenvalue weighted by molar-refractivity contribution is 5.55. The topological polar surface area (TPSA) is 37.3 Å². The van der Waals surface area contributed by atoms with E-state index < -0.39 is 6.10 Å². The highest BCUT2D eigenvalue weighted by Crippen LogP contribution is 2.18. The predicted molar refractivity (Wildman–Crippen MR) is 59.1 cm³/mol. The Morgan fingerprint density at radius 1 is 1.36 bits per heavy atom. The van der Waals surface area contributed by atoms with Gasteiger partial charge in [-0.1, -0.05) is 33.3 Å². The van der Waals surface area contributed by atoms with Crippen LogP contribution in [0.15, 0.2) is 11.6 Å². The van der Waals surface area contributed by atoms with Gasteiger partial charge in [0.2, 0.25) is 0 Å². The molecular formula is C12H22O2. The molecule has 0 spiro atoms. The summed E-state index contributed by atoms with van der Waals surface area (Å²) >= 11 is 0. The van der Waals surface area contributed by atoms with Gasteiger partial charge in [0.1, 0.15) is 6.29 Å². The zero-order chi connectivity index (χ0) is 11.0. The maximum absolute atomic E-state index is 10.7. The van der Waals surface area contributed by atoms with E-state index >= 15 is 0 Å². The van der Waals surface area contributed by atoms with Crippen LogP contribution in [0.3, 0.4) is 0 Å². The van der Waals surface area contributed by atoms with E-state index in [0.717, 1.165) is 31.1 Å². The number of rotatable bonds is 7. The monoisotopic (exact) mass is 198 g/mol. The molecule has 0 amide bonds. The van der Waals surface area contributed by atoms with Crippen LogP contribution in [-0.2, 0) is 4.79 Å². The van der Waals surface area contributed by atoms with E-state index in [0.29, 0.717) is 6.42 Å². The first kappa shape index (κ1) is 13.4. The molecule has 0 aromatic carbocycles. The number of hydrogen-bond acceptors (Lipinski definition) is 2. The van der Waals surface area contributed by atoms with Crippen molar-refractivity contribution in [2.24, 2.45) is 5.92 Å². The first-order chi connectivity index (χ1) is 6.71. The molecule has 0 aromatic rings. The van der Waals surface area contributed by atoms with Gasteiger partial charge >= 0.3 is 0 Å². The molecule has 0 rings (SSSR count). The Kier molecular flexibility index (Phi) is 7.40. The SMILES string of the molecule is CCC/C=C(\CC)C(O)C(C=O)CC. The third-order valence-electron chi connectivity index (χ3n) is 2.54. The number of hydrogen-bond donors (Lipinski definition) is 1. The summed E-state index contributed by atoms with van der Waals surface area (Å²) in [6, 6.07) is 0. The zero-order valence-electron chi connectivity index (χ0n) is 9.49. The van der Waals surface area contributed by atoms with Gasteiger partial charge in [0, 0.05) is 5.92 Å². The minimum atomic E-state index is -0.575. The third-order valence-corrected chi connectivity index (χ3v) is 2.54. The summed E-state index contributed by atoms with van der Waals surface area (Å²) < 4.78 is 0. The Balaban J connectivity index is 4.42. The van der Waals surface area contributed by atoms with Crippen LogP contribution in [0, 0.1) is 5.92 Å². The number of aliphatic hydroxyl groups is 1. The summed E-state index contributed by atoms with van der Waals surface area (Å²) in [6.07, 6.45) is 5.94. The van der Waals surface area contributed by atoms with E-state index in [9.17, 15) is 9.90 Å². The van der Waals surface area contributed by atoms with E-state index in [4.69, 9.17) is 0 Å². The van der Waals surface area contributed by atoms with Crippen LogP contribution in [0.5, 0.6) is 0 Å². The van der Waals surface area contributed by atoms with Crippen LogP contribution in [0.2, 0.25) is 0 Å². The lowest BCUT2D eigenvalue weighted by Gasteiger charge is -2.18. The average molecular weight is 198 g/mol. The number of carbonyl (C=O) groups is 1. The highest BCUT2D eigenvalue weighted by atomic mass is 16.3. The van der Waals surface area contributed by atoms with Gasteiger partial charge in [-0.05, 0) is 24.8 Å². The lowest BCUT2D eigenvalue weighted by atomic mass is 9.92. The Hall–Kier alpha value is -0.630. The molecule has 0 fully saturated rings. The molecule has 0 aliphatic rings. The maximum Gasteiger partial charge on any atom is 0.125 e. The van der Waals surface area contributed by atoms with E-state index in [1.54, 1.807) is 0 Å².